The second-order valence-corrected chi connectivity index (χ2v) is 3.87. The molecule has 4 N–H and O–H groups in total. The van der Waals surface area contributed by atoms with E-state index in [4.69, 9.17) is 9.84 Å². The summed E-state index contributed by atoms with van der Waals surface area (Å²) in [6.07, 6.45) is -2.72. The number of hydrogen-bond donors (Lipinski definition) is 4. The summed E-state index contributed by atoms with van der Waals surface area (Å²) in [5, 5.41) is 36.8. The minimum Gasteiger partial charge on any atom is -0.394 e. The van der Waals surface area contributed by atoms with Gasteiger partial charge < -0.3 is 25.2 Å². The number of thioether (sulfide) groups is 1. The molecule has 1 aliphatic heterocycles. The molecule has 1 aliphatic rings. The summed E-state index contributed by atoms with van der Waals surface area (Å²) >= 11 is 1.22. The van der Waals surface area contributed by atoms with Crippen molar-refractivity contribution in [2.45, 2.75) is 29.9 Å². The van der Waals surface area contributed by atoms with Gasteiger partial charge in [-0.25, -0.2) is 0 Å². The fourth-order valence-electron chi connectivity index (χ4n) is 1.26. The second-order valence-electron chi connectivity index (χ2n) is 2.93. The number of aliphatic hydroxyl groups excluding tert-OH is 4. The molecule has 1 rings (SSSR count). The van der Waals surface area contributed by atoms with Gasteiger partial charge in [-0.05, 0) is 6.26 Å². The van der Waals surface area contributed by atoms with Crippen molar-refractivity contribution in [3.05, 3.63) is 0 Å². The number of ether oxygens (including phenoxy) is 1. The van der Waals surface area contributed by atoms with E-state index in [1.54, 1.807) is 6.26 Å². The minimum absolute atomic E-state index is 0.373. The van der Waals surface area contributed by atoms with Crippen molar-refractivity contribution in [1.82, 2.24) is 0 Å². The molecule has 1 fully saturated rings. The van der Waals surface area contributed by atoms with Crippen LogP contribution in [0.4, 0.5) is 0 Å². The Labute approximate surface area is 80.3 Å². The van der Waals surface area contributed by atoms with Gasteiger partial charge in [-0.1, -0.05) is 0 Å². The third-order valence-corrected chi connectivity index (χ3v) is 2.94. The molecule has 0 aromatic carbocycles. The van der Waals surface area contributed by atoms with E-state index in [-0.39, 0.29) is 6.61 Å². The first-order valence-electron chi connectivity index (χ1n) is 3.95. The average molecular weight is 210 g/mol. The highest BCUT2D eigenvalue weighted by atomic mass is 32.2. The van der Waals surface area contributed by atoms with Crippen LogP contribution >= 0.6 is 11.8 Å². The van der Waals surface area contributed by atoms with E-state index in [1.807, 2.05) is 0 Å². The Morgan fingerprint density at radius 1 is 1.15 bits per heavy atom. The highest BCUT2D eigenvalue weighted by molar-refractivity contribution is 7.99. The van der Waals surface area contributed by atoms with E-state index in [9.17, 15) is 15.3 Å². The van der Waals surface area contributed by atoms with Gasteiger partial charge in [-0.2, -0.15) is 0 Å². The van der Waals surface area contributed by atoms with E-state index in [0.717, 1.165) is 0 Å². The second kappa shape index (κ2) is 4.59. The van der Waals surface area contributed by atoms with Gasteiger partial charge in [0.05, 0.1) is 6.61 Å². The third kappa shape index (κ3) is 2.15. The lowest BCUT2D eigenvalue weighted by Gasteiger charge is -2.39. The highest BCUT2D eigenvalue weighted by Crippen LogP contribution is 2.26. The quantitative estimate of drug-likeness (QED) is 0.428. The number of aliphatic hydroxyl groups is 4. The lowest BCUT2D eigenvalue weighted by Crippen LogP contribution is -2.57. The van der Waals surface area contributed by atoms with E-state index >= 15 is 0 Å². The summed E-state index contributed by atoms with van der Waals surface area (Å²) in [6.45, 7) is -0.373. The molecule has 0 amide bonds. The molecule has 0 aromatic rings. The average Bonchev–Trinajstić information content (AvgIpc) is 2.15. The molecule has 0 saturated carbocycles. The summed E-state index contributed by atoms with van der Waals surface area (Å²) in [4.78, 5) is 0. The molecular formula is C7H14O5S. The summed E-state index contributed by atoms with van der Waals surface area (Å²) in [6, 6.07) is 0. The minimum atomic E-state index is -1.26. The van der Waals surface area contributed by atoms with E-state index in [1.165, 1.54) is 11.8 Å². The van der Waals surface area contributed by atoms with Crippen LogP contribution in [-0.4, -0.2) is 63.1 Å². The van der Waals surface area contributed by atoms with Crippen LogP contribution in [0.2, 0.25) is 0 Å². The molecule has 0 radical (unpaired) electrons. The zero-order chi connectivity index (χ0) is 10.0. The van der Waals surface area contributed by atoms with E-state index < -0.39 is 29.9 Å². The van der Waals surface area contributed by atoms with E-state index in [0.29, 0.717) is 0 Å². The molecular weight excluding hydrogens is 196 g/mol. The van der Waals surface area contributed by atoms with Crippen molar-refractivity contribution in [2.24, 2.45) is 0 Å². The molecule has 0 aromatic heterocycles. The SMILES string of the molecule is CS[C@H]1O[C@@H](CO)[C@@H](O)[C@@H](O)[C@@H]1O. The van der Waals surface area contributed by atoms with Crippen molar-refractivity contribution in [3.63, 3.8) is 0 Å². The molecule has 6 heteroatoms. The molecule has 0 bridgehead atoms. The standard InChI is InChI=1S/C7H14O5S/c1-13-7-6(11)5(10)4(9)3(2-8)12-7/h3-11H,2H2,1H3/t3-,4+,5+,6-,7+/m0/s1. The normalized spacial score (nSPS) is 46.4. The first-order chi connectivity index (χ1) is 6.11. The molecule has 13 heavy (non-hydrogen) atoms. The summed E-state index contributed by atoms with van der Waals surface area (Å²) in [5.41, 5.74) is -0.601. The maximum Gasteiger partial charge on any atom is 0.132 e. The molecule has 1 saturated heterocycles. The Morgan fingerprint density at radius 2 is 1.77 bits per heavy atom. The molecule has 0 aliphatic carbocycles. The molecule has 78 valence electrons. The van der Waals surface area contributed by atoms with Crippen molar-refractivity contribution >= 4 is 11.8 Å². The Morgan fingerprint density at radius 3 is 2.23 bits per heavy atom. The summed E-state index contributed by atoms with van der Waals surface area (Å²) in [5.74, 6) is 0. The Balaban J connectivity index is 2.66. The Bertz CT molecular complexity index is 147. The van der Waals surface area contributed by atoms with E-state index in [2.05, 4.69) is 0 Å². The lowest BCUT2D eigenvalue weighted by atomic mass is 10.0. The monoisotopic (exact) mass is 210 g/mol. The predicted molar refractivity (Wildman–Crippen MR) is 47.3 cm³/mol. The number of rotatable bonds is 2. The van der Waals surface area contributed by atoms with Gasteiger partial charge in [0.15, 0.2) is 0 Å². The zero-order valence-electron chi connectivity index (χ0n) is 7.20. The Kier molecular flexibility index (Phi) is 3.96. The van der Waals surface area contributed by atoms with Crippen LogP contribution in [0.15, 0.2) is 0 Å². The first-order valence-corrected chi connectivity index (χ1v) is 5.24. The molecule has 1 heterocycles. The Hall–Kier alpha value is 0.150. The van der Waals surface area contributed by atoms with Crippen molar-refractivity contribution in [3.8, 4) is 0 Å². The van der Waals surface area contributed by atoms with Crippen LogP contribution in [0.3, 0.4) is 0 Å². The lowest BCUT2D eigenvalue weighted by molar-refractivity contribution is -0.205. The smallest absolute Gasteiger partial charge is 0.132 e. The van der Waals surface area contributed by atoms with Crippen molar-refractivity contribution in [2.75, 3.05) is 12.9 Å². The van der Waals surface area contributed by atoms with Crippen LogP contribution in [0.25, 0.3) is 0 Å². The highest BCUT2D eigenvalue weighted by Gasteiger charge is 2.42. The third-order valence-electron chi connectivity index (χ3n) is 2.08. The van der Waals surface area contributed by atoms with Crippen LogP contribution < -0.4 is 0 Å². The first kappa shape index (κ1) is 11.2. The van der Waals surface area contributed by atoms with Gasteiger partial charge >= 0.3 is 0 Å². The fourth-order valence-corrected chi connectivity index (χ4v) is 1.96. The molecule has 5 nitrogen and oxygen atoms in total. The molecule has 0 unspecified atom stereocenters. The van der Waals surface area contributed by atoms with Crippen LogP contribution in [-0.2, 0) is 4.74 Å². The van der Waals surface area contributed by atoms with Crippen LogP contribution in [0, 0.1) is 0 Å². The van der Waals surface area contributed by atoms with Gasteiger partial charge in [0.25, 0.3) is 0 Å². The van der Waals surface area contributed by atoms with Gasteiger partial charge in [0, 0.05) is 0 Å². The van der Waals surface area contributed by atoms with Gasteiger partial charge in [0.2, 0.25) is 0 Å². The van der Waals surface area contributed by atoms with Crippen molar-refractivity contribution < 1.29 is 25.2 Å². The number of hydrogen-bond acceptors (Lipinski definition) is 6. The zero-order valence-corrected chi connectivity index (χ0v) is 8.02. The topological polar surface area (TPSA) is 90.2 Å². The summed E-state index contributed by atoms with van der Waals surface area (Å²) in [7, 11) is 0. The van der Waals surface area contributed by atoms with Gasteiger partial charge in [-0.3, -0.25) is 0 Å². The molecule has 0 spiro atoms. The maximum absolute atomic E-state index is 9.38. The summed E-state index contributed by atoms with van der Waals surface area (Å²) < 4.78 is 5.13. The van der Waals surface area contributed by atoms with Gasteiger partial charge in [0.1, 0.15) is 29.9 Å². The van der Waals surface area contributed by atoms with Crippen LogP contribution in [0.5, 0.6) is 0 Å². The van der Waals surface area contributed by atoms with Crippen molar-refractivity contribution in [1.29, 1.82) is 0 Å². The van der Waals surface area contributed by atoms with Gasteiger partial charge in [-0.15, -0.1) is 11.8 Å². The van der Waals surface area contributed by atoms with Crippen LogP contribution in [0.1, 0.15) is 0 Å². The fraction of sp³-hybridized carbons (Fsp3) is 1.00. The largest absolute Gasteiger partial charge is 0.394 e. The predicted octanol–water partition coefficient (Wildman–Crippen LogP) is -1.85. The molecule has 5 atom stereocenters. The maximum atomic E-state index is 9.38.